The van der Waals surface area contributed by atoms with Gasteiger partial charge in [0.2, 0.25) is 0 Å². The maximum absolute atomic E-state index is 5.23. The summed E-state index contributed by atoms with van der Waals surface area (Å²) >= 11 is 0. The number of rotatable bonds is 6. The van der Waals surface area contributed by atoms with Crippen LogP contribution in [0.2, 0.25) is 0 Å². The van der Waals surface area contributed by atoms with E-state index >= 15 is 0 Å². The van der Waals surface area contributed by atoms with Gasteiger partial charge in [-0.1, -0.05) is 10.3 Å². The summed E-state index contributed by atoms with van der Waals surface area (Å²) in [7, 11) is 3.20. The van der Waals surface area contributed by atoms with Crippen molar-refractivity contribution in [2.24, 2.45) is 5.16 Å². The topological polar surface area (TPSA) is 66.1 Å². The van der Waals surface area contributed by atoms with Crippen LogP contribution in [0.25, 0.3) is 0 Å². The van der Waals surface area contributed by atoms with Gasteiger partial charge in [0.05, 0.1) is 26.1 Å². The molecule has 0 bridgehead atoms. The Morgan fingerprint density at radius 2 is 2.10 bits per heavy atom. The third-order valence-electron chi connectivity index (χ3n) is 2.59. The van der Waals surface area contributed by atoms with Crippen LogP contribution in [0.3, 0.4) is 0 Å². The van der Waals surface area contributed by atoms with E-state index in [2.05, 4.69) is 10.3 Å². The van der Waals surface area contributed by atoms with Gasteiger partial charge in [-0.05, 0) is 25.1 Å². The third-order valence-corrected chi connectivity index (χ3v) is 2.59. The number of ether oxygens (including phenoxy) is 2. The average Bonchev–Trinajstić information content (AvgIpc) is 2.89. The van der Waals surface area contributed by atoms with Gasteiger partial charge in [0.15, 0.2) is 12.4 Å². The molecule has 0 N–H and O–H groups in total. The standard InChI is InChI=1S/C14H16N2O4/c1-10-6-13(20-16-10)9-19-15-8-11-7-12(17-2)4-5-14(11)18-3/h4-8H,9H2,1-3H3/b15-8-. The molecule has 0 spiro atoms. The highest BCUT2D eigenvalue weighted by atomic mass is 16.6. The Bertz CT molecular complexity index is 593. The summed E-state index contributed by atoms with van der Waals surface area (Å²) in [5.74, 6) is 2.03. The molecule has 1 heterocycles. The zero-order chi connectivity index (χ0) is 14.4. The largest absolute Gasteiger partial charge is 0.497 e. The molecule has 0 aliphatic carbocycles. The molecule has 0 fully saturated rings. The number of nitrogens with zero attached hydrogens (tertiary/aromatic N) is 2. The predicted molar refractivity (Wildman–Crippen MR) is 73.2 cm³/mol. The Labute approximate surface area is 116 Å². The first kappa shape index (κ1) is 13.9. The van der Waals surface area contributed by atoms with Crippen LogP contribution in [0.1, 0.15) is 17.0 Å². The van der Waals surface area contributed by atoms with Gasteiger partial charge in [0, 0.05) is 11.6 Å². The van der Waals surface area contributed by atoms with Crippen molar-refractivity contribution in [2.75, 3.05) is 14.2 Å². The van der Waals surface area contributed by atoms with E-state index in [1.54, 1.807) is 32.6 Å². The first-order valence-electron chi connectivity index (χ1n) is 6.02. The van der Waals surface area contributed by atoms with Crippen molar-refractivity contribution in [3.63, 3.8) is 0 Å². The SMILES string of the molecule is COc1ccc(OC)c(/C=N\OCc2cc(C)no2)c1. The van der Waals surface area contributed by atoms with Crippen molar-refractivity contribution in [2.45, 2.75) is 13.5 Å². The van der Waals surface area contributed by atoms with Crippen LogP contribution < -0.4 is 9.47 Å². The summed E-state index contributed by atoms with van der Waals surface area (Å²) < 4.78 is 15.4. The van der Waals surface area contributed by atoms with E-state index in [1.165, 1.54) is 0 Å². The highest BCUT2D eigenvalue weighted by Gasteiger charge is 2.03. The van der Waals surface area contributed by atoms with E-state index in [-0.39, 0.29) is 6.61 Å². The molecule has 0 saturated carbocycles. The van der Waals surface area contributed by atoms with Crippen molar-refractivity contribution in [1.29, 1.82) is 0 Å². The van der Waals surface area contributed by atoms with Crippen molar-refractivity contribution in [1.82, 2.24) is 5.16 Å². The monoisotopic (exact) mass is 276 g/mol. The number of hydrogen-bond acceptors (Lipinski definition) is 6. The lowest BCUT2D eigenvalue weighted by Gasteiger charge is -2.06. The summed E-state index contributed by atoms with van der Waals surface area (Å²) in [6.07, 6.45) is 1.56. The molecule has 0 radical (unpaired) electrons. The summed E-state index contributed by atoms with van der Waals surface area (Å²) in [5, 5.41) is 7.64. The molecule has 6 heteroatoms. The Hall–Kier alpha value is -2.50. The van der Waals surface area contributed by atoms with Gasteiger partial charge < -0.3 is 18.8 Å². The average molecular weight is 276 g/mol. The van der Waals surface area contributed by atoms with Crippen molar-refractivity contribution in [3.8, 4) is 11.5 Å². The lowest BCUT2D eigenvalue weighted by molar-refractivity contribution is 0.110. The van der Waals surface area contributed by atoms with Crippen LogP contribution in [0, 0.1) is 6.92 Å². The summed E-state index contributed by atoms with van der Waals surface area (Å²) in [4.78, 5) is 5.15. The van der Waals surface area contributed by atoms with Crippen molar-refractivity contribution in [3.05, 3.63) is 41.3 Å². The van der Waals surface area contributed by atoms with Gasteiger partial charge in [0.25, 0.3) is 0 Å². The Morgan fingerprint density at radius 1 is 1.25 bits per heavy atom. The van der Waals surface area contributed by atoms with E-state index < -0.39 is 0 Å². The third kappa shape index (κ3) is 3.50. The normalized spacial score (nSPS) is 10.8. The van der Waals surface area contributed by atoms with E-state index in [0.717, 1.165) is 17.0 Å². The van der Waals surface area contributed by atoms with Crippen LogP contribution >= 0.6 is 0 Å². The smallest absolute Gasteiger partial charge is 0.177 e. The fourth-order valence-corrected chi connectivity index (χ4v) is 1.62. The molecular formula is C14H16N2O4. The molecule has 2 rings (SSSR count). The summed E-state index contributed by atoms with van der Waals surface area (Å²) in [5.41, 5.74) is 1.57. The Morgan fingerprint density at radius 3 is 2.75 bits per heavy atom. The van der Waals surface area contributed by atoms with Gasteiger partial charge in [0.1, 0.15) is 11.5 Å². The highest BCUT2D eigenvalue weighted by molar-refractivity contribution is 5.83. The minimum atomic E-state index is 0.226. The molecule has 2 aromatic rings. The quantitative estimate of drug-likeness (QED) is 0.599. The van der Waals surface area contributed by atoms with Crippen LogP contribution in [0.5, 0.6) is 11.5 Å². The van der Waals surface area contributed by atoms with E-state index in [9.17, 15) is 0 Å². The molecular weight excluding hydrogens is 260 g/mol. The lowest BCUT2D eigenvalue weighted by Crippen LogP contribution is -1.93. The van der Waals surface area contributed by atoms with Crippen molar-refractivity contribution >= 4 is 6.21 Å². The number of aryl methyl sites for hydroxylation is 1. The number of benzene rings is 1. The number of hydrogen-bond donors (Lipinski definition) is 0. The second-order valence-electron chi connectivity index (χ2n) is 4.05. The van der Waals surface area contributed by atoms with Gasteiger partial charge >= 0.3 is 0 Å². The molecule has 0 amide bonds. The first-order valence-corrected chi connectivity index (χ1v) is 6.02. The molecule has 0 atom stereocenters. The molecule has 0 aliphatic heterocycles. The minimum absolute atomic E-state index is 0.226. The fraction of sp³-hybridized carbons (Fsp3) is 0.286. The summed E-state index contributed by atoms with van der Waals surface area (Å²) in [6, 6.07) is 7.22. The van der Waals surface area contributed by atoms with Crippen LogP contribution in [-0.4, -0.2) is 25.6 Å². The zero-order valence-electron chi connectivity index (χ0n) is 11.6. The molecule has 1 aromatic heterocycles. The zero-order valence-corrected chi connectivity index (χ0v) is 11.6. The summed E-state index contributed by atoms with van der Waals surface area (Å²) in [6.45, 7) is 2.07. The second kappa shape index (κ2) is 6.60. The second-order valence-corrected chi connectivity index (χ2v) is 4.05. The van der Waals surface area contributed by atoms with Gasteiger partial charge in [-0.3, -0.25) is 0 Å². The van der Waals surface area contributed by atoms with Crippen LogP contribution in [0.4, 0.5) is 0 Å². The number of oxime groups is 1. The maximum atomic E-state index is 5.23. The maximum Gasteiger partial charge on any atom is 0.177 e. The van der Waals surface area contributed by atoms with Crippen LogP contribution in [-0.2, 0) is 11.4 Å². The molecule has 20 heavy (non-hydrogen) atoms. The lowest BCUT2D eigenvalue weighted by atomic mass is 10.2. The van der Waals surface area contributed by atoms with E-state index in [1.807, 2.05) is 19.1 Å². The highest BCUT2D eigenvalue weighted by Crippen LogP contribution is 2.22. The predicted octanol–water partition coefficient (Wildman–Crippen LogP) is 2.55. The molecule has 1 aromatic carbocycles. The molecule has 6 nitrogen and oxygen atoms in total. The number of aromatic nitrogens is 1. The van der Waals surface area contributed by atoms with Crippen LogP contribution in [0.15, 0.2) is 33.9 Å². The first-order chi connectivity index (χ1) is 9.72. The van der Waals surface area contributed by atoms with E-state index in [0.29, 0.717) is 11.5 Å². The fourth-order valence-electron chi connectivity index (χ4n) is 1.62. The minimum Gasteiger partial charge on any atom is -0.497 e. The van der Waals surface area contributed by atoms with Crippen molar-refractivity contribution < 1.29 is 18.8 Å². The van der Waals surface area contributed by atoms with Gasteiger partial charge in [-0.25, -0.2) is 0 Å². The molecule has 0 saturated heterocycles. The Balaban J connectivity index is 1.99. The molecule has 0 aliphatic rings. The number of methoxy groups -OCH3 is 2. The molecule has 106 valence electrons. The molecule has 0 unspecified atom stereocenters. The Kier molecular flexibility index (Phi) is 4.60. The van der Waals surface area contributed by atoms with Gasteiger partial charge in [-0.15, -0.1) is 0 Å². The van der Waals surface area contributed by atoms with E-state index in [4.69, 9.17) is 18.8 Å². The van der Waals surface area contributed by atoms with Gasteiger partial charge in [-0.2, -0.15) is 0 Å².